The molecule has 5 heteroatoms. The Hall–Kier alpha value is -1.78. The standard InChI is InChI=1S/C12H20N4O/c1-3-5-8-16(4-2)10-6-7-14-11(9-10)12(13)15-17/h6-7,9,17H,3-5,8H2,1-2H3,(H2,13,15). The SMILES string of the molecule is CCCCN(CC)c1ccnc(C(N)=NO)c1. The van der Waals surface area contributed by atoms with Crippen LogP contribution in [0.4, 0.5) is 5.69 Å². The smallest absolute Gasteiger partial charge is 0.188 e. The summed E-state index contributed by atoms with van der Waals surface area (Å²) in [7, 11) is 0. The zero-order chi connectivity index (χ0) is 12.7. The Labute approximate surface area is 102 Å². The van der Waals surface area contributed by atoms with E-state index in [-0.39, 0.29) is 5.84 Å². The van der Waals surface area contributed by atoms with Crippen molar-refractivity contribution >= 4 is 11.5 Å². The molecular weight excluding hydrogens is 216 g/mol. The van der Waals surface area contributed by atoms with Crippen LogP contribution in [0.15, 0.2) is 23.5 Å². The van der Waals surface area contributed by atoms with E-state index in [9.17, 15) is 0 Å². The van der Waals surface area contributed by atoms with E-state index in [1.807, 2.05) is 12.1 Å². The van der Waals surface area contributed by atoms with Gasteiger partial charge in [-0.25, -0.2) is 0 Å². The van der Waals surface area contributed by atoms with E-state index in [0.717, 1.165) is 31.6 Å². The zero-order valence-corrected chi connectivity index (χ0v) is 10.4. The number of nitrogens with zero attached hydrogens (tertiary/aromatic N) is 3. The number of nitrogens with two attached hydrogens (primary N) is 1. The number of pyridine rings is 1. The van der Waals surface area contributed by atoms with E-state index < -0.39 is 0 Å². The summed E-state index contributed by atoms with van der Waals surface area (Å²) in [6.07, 6.45) is 3.99. The normalized spacial score (nSPS) is 11.5. The lowest BCUT2D eigenvalue weighted by atomic mass is 10.2. The topological polar surface area (TPSA) is 74.7 Å². The Morgan fingerprint density at radius 2 is 2.29 bits per heavy atom. The number of anilines is 1. The van der Waals surface area contributed by atoms with Gasteiger partial charge in [0, 0.05) is 25.0 Å². The molecule has 0 bridgehead atoms. The van der Waals surface area contributed by atoms with Crippen LogP contribution in [0.3, 0.4) is 0 Å². The maximum Gasteiger partial charge on any atom is 0.188 e. The van der Waals surface area contributed by atoms with Crippen LogP contribution in [0, 0.1) is 0 Å². The average Bonchev–Trinajstić information content (AvgIpc) is 2.39. The van der Waals surface area contributed by atoms with Crippen LogP contribution < -0.4 is 10.6 Å². The van der Waals surface area contributed by atoms with Gasteiger partial charge < -0.3 is 15.8 Å². The van der Waals surface area contributed by atoms with E-state index in [2.05, 4.69) is 28.9 Å². The Bertz CT molecular complexity index is 379. The highest BCUT2D eigenvalue weighted by Crippen LogP contribution is 2.15. The second kappa shape index (κ2) is 6.73. The molecule has 0 unspecified atom stereocenters. The van der Waals surface area contributed by atoms with Crippen LogP contribution in [-0.2, 0) is 0 Å². The van der Waals surface area contributed by atoms with Crippen molar-refractivity contribution in [3.05, 3.63) is 24.0 Å². The molecule has 0 radical (unpaired) electrons. The van der Waals surface area contributed by atoms with E-state index in [4.69, 9.17) is 10.9 Å². The van der Waals surface area contributed by atoms with Gasteiger partial charge in [0.15, 0.2) is 5.84 Å². The molecule has 0 saturated carbocycles. The van der Waals surface area contributed by atoms with Crippen molar-refractivity contribution in [1.29, 1.82) is 0 Å². The van der Waals surface area contributed by atoms with Crippen molar-refractivity contribution in [2.45, 2.75) is 26.7 Å². The third-order valence-corrected chi connectivity index (χ3v) is 2.64. The van der Waals surface area contributed by atoms with Crippen LogP contribution in [0.25, 0.3) is 0 Å². The average molecular weight is 236 g/mol. The van der Waals surface area contributed by atoms with Gasteiger partial charge in [0.2, 0.25) is 0 Å². The van der Waals surface area contributed by atoms with Gasteiger partial charge in [-0.1, -0.05) is 18.5 Å². The first-order valence-corrected chi connectivity index (χ1v) is 5.91. The maximum atomic E-state index is 8.63. The first kappa shape index (κ1) is 13.3. The van der Waals surface area contributed by atoms with Gasteiger partial charge in [-0.05, 0) is 25.5 Å². The predicted octanol–water partition coefficient (Wildman–Crippen LogP) is 1.80. The number of aromatic nitrogens is 1. The van der Waals surface area contributed by atoms with E-state index in [1.165, 1.54) is 0 Å². The van der Waals surface area contributed by atoms with E-state index >= 15 is 0 Å². The molecule has 3 N–H and O–H groups in total. The minimum absolute atomic E-state index is 0.0402. The Balaban J connectivity index is 2.88. The second-order valence-electron chi connectivity index (χ2n) is 3.82. The molecule has 5 nitrogen and oxygen atoms in total. The van der Waals surface area contributed by atoms with E-state index in [1.54, 1.807) is 6.20 Å². The van der Waals surface area contributed by atoms with Crippen LogP contribution in [0.1, 0.15) is 32.4 Å². The van der Waals surface area contributed by atoms with Gasteiger partial charge in [0.05, 0.1) is 0 Å². The monoisotopic (exact) mass is 236 g/mol. The molecule has 0 fully saturated rings. The summed E-state index contributed by atoms with van der Waals surface area (Å²) >= 11 is 0. The summed E-state index contributed by atoms with van der Waals surface area (Å²) in [6, 6.07) is 3.78. The fourth-order valence-corrected chi connectivity index (χ4v) is 1.63. The lowest BCUT2D eigenvalue weighted by Crippen LogP contribution is -2.24. The van der Waals surface area contributed by atoms with Crippen molar-refractivity contribution in [1.82, 2.24) is 4.98 Å². The fraction of sp³-hybridized carbons (Fsp3) is 0.500. The fourth-order valence-electron chi connectivity index (χ4n) is 1.63. The van der Waals surface area contributed by atoms with Gasteiger partial charge >= 0.3 is 0 Å². The maximum absolute atomic E-state index is 8.63. The summed E-state index contributed by atoms with van der Waals surface area (Å²) in [5.74, 6) is 0.0402. The van der Waals surface area contributed by atoms with Gasteiger partial charge in [-0.3, -0.25) is 4.98 Å². The van der Waals surface area contributed by atoms with Crippen LogP contribution in [0.5, 0.6) is 0 Å². The van der Waals surface area contributed by atoms with Crippen LogP contribution >= 0.6 is 0 Å². The molecule has 1 heterocycles. The molecule has 0 amide bonds. The lowest BCUT2D eigenvalue weighted by Gasteiger charge is -2.23. The number of unbranched alkanes of at least 4 members (excludes halogenated alkanes) is 1. The minimum atomic E-state index is 0.0402. The molecule has 94 valence electrons. The summed E-state index contributed by atoms with van der Waals surface area (Å²) in [5.41, 5.74) is 7.08. The molecule has 0 atom stereocenters. The van der Waals surface area contributed by atoms with Crippen molar-refractivity contribution in [3.8, 4) is 0 Å². The number of rotatable bonds is 6. The van der Waals surface area contributed by atoms with Crippen molar-refractivity contribution in [3.63, 3.8) is 0 Å². The number of amidine groups is 1. The quantitative estimate of drug-likeness (QED) is 0.342. The molecular formula is C12H20N4O. The summed E-state index contributed by atoms with van der Waals surface area (Å²) in [5, 5.41) is 11.6. The van der Waals surface area contributed by atoms with E-state index in [0.29, 0.717) is 5.69 Å². The molecule has 1 rings (SSSR count). The molecule has 1 aromatic heterocycles. The highest BCUT2D eigenvalue weighted by atomic mass is 16.4. The van der Waals surface area contributed by atoms with Gasteiger partial charge in [0.1, 0.15) is 5.69 Å². The number of oxime groups is 1. The number of hydrogen-bond donors (Lipinski definition) is 2. The Kier molecular flexibility index (Phi) is 5.26. The van der Waals surface area contributed by atoms with Gasteiger partial charge in [-0.2, -0.15) is 0 Å². The number of hydrogen-bond acceptors (Lipinski definition) is 4. The third kappa shape index (κ3) is 3.62. The molecule has 0 aliphatic carbocycles. The molecule has 0 saturated heterocycles. The van der Waals surface area contributed by atoms with Crippen molar-refractivity contribution < 1.29 is 5.21 Å². The second-order valence-corrected chi connectivity index (χ2v) is 3.82. The van der Waals surface area contributed by atoms with Crippen molar-refractivity contribution in [2.24, 2.45) is 10.9 Å². The first-order chi connectivity index (χ1) is 8.22. The molecule has 0 aliphatic heterocycles. The largest absolute Gasteiger partial charge is 0.409 e. The van der Waals surface area contributed by atoms with Gasteiger partial charge in [0.25, 0.3) is 0 Å². The van der Waals surface area contributed by atoms with Crippen LogP contribution in [-0.4, -0.2) is 29.1 Å². The Morgan fingerprint density at radius 1 is 1.53 bits per heavy atom. The molecule has 0 aromatic carbocycles. The highest BCUT2D eigenvalue weighted by Gasteiger charge is 2.07. The zero-order valence-electron chi connectivity index (χ0n) is 10.4. The first-order valence-electron chi connectivity index (χ1n) is 5.91. The minimum Gasteiger partial charge on any atom is -0.409 e. The summed E-state index contributed by atoms with van der Waals surface area (Å²) < 4.78 is 0. The van der Waals surface area contributed by atoms with Gasteiger partial charge in [-0.15, -0.1) is 0 Å². The summed E-state index contributed by atoms with van der Waals surface area (Å²) in [4.78, 5) is 6.31. The molecule has 0 aliphatic rings. The molecule has 0 spiro atoms. The Morgan fingerprint density at radius 3 is 2.88 bits per heavy atom. The summed E-state index contributed by atoms with van der Waals surface area (Å²) in [6.45, 7) is 6.22. The third-order valence-electron chi connectivity index (χ3n) is 2.64. The lowest BCUT2D eigenvalue weighted by molar-refractivity contribution is 0.318. The van der Waals surface area contributed by atoms with Crippen LogP contribution in [0.2, 0.25) is 0 Å². The molecule has 17 heavy (non-hydrogen) atoms. The predicted molar refractivity (Wildman–Crippen MR) is 69.5 cm³/mol. The highest BCUT2D eigenvalue weighted by molar-refractivity contribution is 5.95. The van der Waals surface area contributed by atoms with Crippen molar-refractivity contribution in [2.75, 3.05) is 18.0 Å². The molecule has 1 aromatic rings.